The number of nitriles is 1. The summed E-state index contributed by atoms with van der Waals surface area (Å²) in [6.45, 7) is 0. The van der Waals surface area contributed by atoms with Gasteiger partial charge in [-0.25, -0.2) is 9.98 Å². The smallest absolute Gasteiger partial charge is 0.153 e. The third kappa shape index (κ3) is 3.08. The quantitative estimate of drug-likeness (QED) is 0.679. The summed E-state index contributed by atoms with van der Waals surface area (Å²) in [4.78, 5) is 8.90. The van der Waals surface area contributed by atoms with Gasteiger partial charge in [0.2, 0.25) is 0 Å². The molecular weight excluding hydrogens is 270 g/mol. The molecule has 0 radical (unpaired) electrons. The molecular formula is C19H13N3. The van der Waals surface area contributed by atoms with E-state index in [2.05, 4.69) is 16.0 Å². The number of benzene rings is 2. The Morgan fingerprint density at radius 3 is 2.00 bits per heavy atom. The average Bonchev–Trinajstić information content (AvgIpc) is 2.61. The maximum absolute atomic E-state index is 9.00. The van der Waals surface area contributed by atoms with Gasteiger partial charge in [-0.3, -0.25) is 0 Å². The largest absolute Gasteiger partial charge is 0.237 e. The van der Waals surface area contributed by atoms with Crippen LogP contribution in [-0.4, -0.2) is 10.7 Å². The van der Waals surface area contributed by atoms with Gasteiger partial charge in [0.05, 0.1) is 17.3 Å². The molecule has 0 N–H and O–H groups in total. The third-order valence-corrected chi connectivity index (χ3v) is 3.20. The van der Waals surface area contributed by atoms with Gasteiger partial charge < -0.3 is 0 Å². The molecule has 0 aliphatic rings. The van der Waals surface area contributed by atoms with Crippen molar-refractivity contribution in [3.63, 3.8) is 0 Å². The minimum Gasteiger partial charge on any atom is -0.237 e. The Morgan fingerprint density at radius 2 is 1.45 bits per heavy atom. The van der Waals surface area contributed by atoms with Crippen molar-refractivity contribution in [3.05, 3.63) is 95.7 Å². The number of hydrogen-bond donors (Lipinski definition) is 0. The van der Waals surface area contributed by atoms with Gasteiger partial charge in [0.15, 0.2) is 5.82 Å². The molecule has 3 heteroatoms. The molecule has 0 bridgehead atoms. The first-order chi connectivity index (χ1) is 10.9. The molecule has 22 heavy (non-hydrogen) atoms. The van der Waals surface area contributed by atoms with E-state index < -0.39 is 0 Å². The lowest BCUT2D eigenvalue weighted by Crippen LogP contribution is -2.02. The van der Waals surface area contributed by atoms with Crippen LogP contribution in [0.5, 0.6) is 0 Å². The second-order valence-electron chi connectivity index (χ2n) is 4.71. The molecule has 0 spiro atoms. The Bertz CT molecular complexity index is 790. The molecule has 104 valence electrons. The van der Waals surface area contributed by atoms with E-state index in [0.29, 0.717) is 11.4 Å². The molecule has 2 aromatic carbocycles. The number of aromatic nitrogens is 1. The van der Waals surface area contributed by atoms with Crippen molar-refractivity contribution in [2.24, 2.45) is 4.99 Å². The van der Waals surface area contributed by atoms with Crippen LogP contribution in [0, 0.1) is 11.3 Å². The van der Waals surface area contributed by atoms with Crippen LogP contribution in [-0.2, 0) is 0 Å². The SMILES string of the molecule is N#Cc1ccnc(N=C(c2ccccc2)c2ccccc2)c1. The molecule has 0 unspecified atom stereocenters. The average molecular weight is 283 g/mol. The van der Waals surface area contributed by atoms with Crippen LogP contribution in [0.3, 0.4) is 0 Å². The van der Waals surface area contributed by atoms with Crippen molar-refractivity contribution >= 4 is 11.5 Å². The Kier molecular flexibility index (Phi) is 4.03. The number of aliphatic imine (C=N–C) groups is 1. The molecule has 1 heterocycles. The van der Waals surface area contributed by atoms with E-state index in [0.717, 1.165) is 16.8 Å². The second kappa shape index (κ2) is 6.47. The minimum atomic E-state index is 0.529. The predicted octanol–water partition coefficient (Wildman–Crippen LogP) is 4.12. The lowest BCUT2D eigenvalue weighted by Gasteiger charge is -2.07. The summed E-state index contributed by atoms with van der Waals surface area (Å²) in [6, 6.07) is 25.4. The Hall–Kier alpha value is -3.25. The molecule has 3 nitrogen and oxygen atoms in total. The molecule has 3 aromatic rings. The summed E-state index contributed by atoms with van der Waals surface area (Å²) < 4.78 is 0. The van der Waals surface area contributed by atoms with Gasteiger partial charge in [0.1, 0.15) is 0 Å². The third-order valence-electron chi connectivity index (χ3n) is 3.20. The molecule has 0 fully saturated rings. The van der Waals surface area contributed by atoms with Crippen LogP contribution < -0.4 is 0 Å². The summed E-state index contributed by atoms with van der Waals surface area (Å²) in [6.07, 6.45) is 1.60. The van der Waals surface area contributed by atoms with Gasteiger partial charge in [-0.2, -0.15) is 5.26 Å². The Morgan fingerprint density at radius 1 is 0.864 bits per heavy atom. The van der Waals surface area contributed by atoms with Gasteiger partial charge in [0, 0.05) is 23.4 Å². The topological polar surface area (TPSA) is 49.0 Å². The van der Waals surface area contributed by atoms with Crippen molar-refractivity contribution in [2.45, 2.75) is 0 Å². The fraction of sp³-hybridized carbons (Fsp3) is 0. The highest BCUT2D eigenvalue weighted by molar-refractivity contribution is 6.13. The normalized spacial score (nSPS) is 9.77. The summed E-state index contributed by atoms with van der Waals surface area (Å²) in [5.74, 6) is 0.529. The minimum absolute atomic E-state index is 0.529. The van der Waals surface area contributed by atoms with E-state index in [1.54, 1.807) is 18.3 Å². The zero-order valence-electron chi connectivity index (χ0n) is 11.8. The van der Waals surface area contributed by atoms with E-state index in [9.17, 15) is 0 Å². The fourth-order valence-electron chi connectivity index (χ4n) is 2.15. The molecule has 0 saturated carbocycles. The van der Waals surface area contributed by atoms with Crippen molar-refractivity contribution in [1.29, 1.82) is 5.26 Å². The van der Waals surface area contributed by atoms with E-state index in [-0.39, 0.29) is 0 Å². The first kappa shape index (κ1) is 13.7. The zero-order chi connectivity index (χ0) is 15.2. The van der Waals surface area contributed by atoms with Crippen LogP contribution in [0.25, 0.3) is 0 Å². The van der Waals surface area contributed by atoms with Gasteiger partial charge >= 0.3 is 0 Å². The first-order valence-electron chi connectivity index (χ1n) is 6.92. The van der Waals surface area contributed by atoms with Crippen LogP contribution in [0.4, 0.5) is 5.82 Å². The van der Waals surface area contributed by atoms with E-state index >= 15 is 0 Å². The van der Waals surface area contributed by atoms with Crippen LogP contribution >= 0.6 is 0 Å². The van der Waals surface area contributed by atoms with Gasteiger partial charge in [-0.15, -0.1) is 0 Å². The van der Waals surface area contributed by atoms with E-state index in [1.807, 2.05) is 60.7 Å². The Balaban J connectivity index is 2.13. The molecule has 3 rings (SSSR count). The van der Waals surface area contributed by atoms with Crippen molar-refractivity contribution in [1.82, 2.24) is 4.98 Å². The molecule has 1 aromatic heterocycles. The zero-order valence-corrected chi connectivity index (χ0v) is 11.8. The summed E-state index contributed by atoms with van der Waals surface area (Å²) >= 11 is 0. The summed E-state index contributed by atoms with van der Waals surface area (Å²) in [5, 5.41) is 9.00. The van der Waals surface area contributed by atoms with E-state index in [1.165, 1.54) is 0 Å². The molecule has 0 saturated heterocycles. The van der Waals surface area contributed by atoms with Crippen molar-refractivity contribution in [2.75, 3.05) is 0 Å². The highest BCUT2D eigenvalue weighted by Crippen LogP contribution is 2.17. The summed E-state index contributed by atoms with van der Waals surface area (Å²) in [7, 11) is 0. The van der Waals surface area contributed by atoms with Crippen molar-refractivity contribution < 1.29 is 0 Å². The van der Waals surface area contributed by atoms with E-state index in [4.69, 9.17) is 5.26 Å². The van der Waals surface area contributed by atoms with Crippen LogP contribution in [0.2, 0.25) is 0 Å². The molecule has 0 aliphatic heterocycles. The van der Waals surface area contributed by atoms with Crippen LogP contribution in [0.1, 0.15) is 16.7 Å². The Labute approximate surface area is 129 Å². The highest BCUT2D eigenvalue weighted by Gasteiger charge is 2.07. The number of rotatable bonds is 3. The number of hydrogen-bond acceptors (Lipinski definition) is 3. The fourth-order valence-corrected chi connectivity index (χ4v) is 2.15. The second-order valence-corrected chi connectivity index (χ2v) is 4.71. The highest BCUT2D eigenvalue weighted by atomic mass is 14.9. The number of nitrogens with zero attached hydrogens (tertiary/aromatic N) is 3. The monoisotopic (exact) mass is 283 g/mol. The first-order valence-corrected chi connectivity index (χ1v) is 6.92. The standard InChI is InChI=1S/C19H13N3/c20-14-15-11-12-21-18(13-15)22-19(16-7-3-1-4-8-16)17-9-5-2-6-10-17/h1-13H. The van der Waals surface area contributed by atoms with Gasteiger partial charge in [0.25, 0.3) is 0 Å². The van der Waals surface area contributed by atoms with Gasteiger partial charge in [-0.05, 0) is 6.07 Å². The lowest BCUT2D eigenvalue weighted by atomic mass is 10.0. The lowest BCUT2D eigenvalue weighted by molar-refractivity contribution is 1.26. The molecule has 0 atom stereocenters. The number of pyridine rings is 1. The maximum atomic E-state index is 9.00. The van der Waals surface area contributed by atoms with Crippen LogP contribution in [0.15, 0.2) is 84.0 Å². The van der Waals surface area contributed by atoms with Gasteiger partial charge in [-0.1, -0.05) is 60.7 Å². The maximum Gasteiger partial charge on any atom is 0.153 e. The molecule has 0 aliphatic carbocycles. The van der Waals surface area contributed by atoms with Crippen molar-refractivity contribution in [3.8, 4) is 6.07 Å². The summed E-state index contributed by atoms with van der Waals surface area (Å²) in [5.41, 5.74) is 3.41. The predicted molar refractivity (Wildman–Crippen MR) is 87.1 cm³/mol. The molecule has 0 amide bonds.